The lowest BCUT2D eigenvalue weighted by molar-refractivity contribution is 0.0233. The number of halogens is 1. The third kappa shape index (κ3) is 6.43. The molecule has 4 nitrogen and oxygen atoms in total. The molecule has 0 saturated heterocycles. The van der Waals surface area contributed by atoms with Gasteiger partial charge in [-0.3, -0.25) is 0 Å². The number of rotatable bonds is 11. The summed E-state index contributed by atoms with van der Waals surface area (Å²) in [6.07, 6.45) is 0.704. The summed E-state index contributed by atoms with van der Waals surface area (Å²) in [5, 5.41) is 0. The van der Waals surface area contributed by atoms with Crippen molar-refractivity contribution in [2.75, 3.05) is 46.7 Å². The predicted molar refractivity (Wildman–Crippen MR) is 76.3 cm³/mol. The Kier molecular flexibility index (Phi) is 9.15. The average molecular weight is 285 g/mol. The summed E-state index contributed by atoms with van der Waals surface area (Å²) in [4.78, 5) is 0. The fraction of sp³-hybridized carbons (Fsp3) is 0.600. The summed E-state index contributed by atoms with van der Waals surface area (Å²) in [6.45, 7) is 3.18. The maximum absolute atomic E-state index is 13.6. The van der Waals surface area contributed by atoms with Gasteiger partial charge in [0.25, 0.3) is 0 Å². The topological polar surface area (TPSA) is 53.7 Å². The standard InChI is InChI=1S/C15H24FNO3/c1-18-8-9-20-11-10-19-7-6-13(12-17)14-4-2-3-5-15(14)16/h2-5,13H,6-12,17H2,1H3. The van der Waals surface area contributed by atoms with Gasteiger partial charge in [0, 0.05) is 19.6 Å². The van der Waals surface area contributed by atoms with E-state index in [2.05, 4.69) is 0 Å². The van der Waals surface area contributed by atoms with Crippen molar-refractivity contribution in [3.63, 3.8) is 0 Å². The Hall–Kier alpha value is -1.01. The Morgan fingerprint density at radius 3 is 2.35 bits per heavy atom. The van der Waals surface area contributed by atoms with Gasteiger partial charge in [0.2, 0.25) is 0 Å². The number of benzene rings is 1. The number of hydrogen-bond acceptors (Lipinski definition) is 4. The summed E-state index contributed by atoms with van der Waals surface area (Å²) in [5.41, 5.74) is 6.37. The molecule has 1 unspecified atom stereocenters. The van der Waals surface area contributed by atoms with E-state index in [1.807, 2.05) is 6.07 Å². The third-order valence-corrected chi connectivity index (χ3v) is 3.04. The molecule has 20 heavy (non-hydrogen) atoms. The van der Waals surface area contributed by atoms with Crippen LogP contribution in [-0.4, -0.2) is 46.7 Å². The number of nitrogens with two attached hydrogens (primary N) is 1. The molecule has 0 radical (unpaired) electrons. The molecule has 1 rings (SSSR count). The summed E-state index contributed by atoms with van der Waals surface area (Å²) in [6, 6.07) is 6.75. The fourth-order valence-corrected chi connectivity index (χ4v) is 1.90. The van der Waals surface area contributed by atoms with E-state index in [1.54, 1.807) is 19.2 Å². The predicted octanol–water partition coefficient (Wildman–Crippen LogP) is 1.94. The van der Waals surface area contributed by atoms with Gasteiger partial charge in [-0.25, -0.2) is 4.39 Å². The summed E-state index contributed by atoms with van der Waals surface area (Å²) in [5.74, 6) is -0.212. The lowest BCUT2D eigenvalue weighted by Crippen LogP contribution is -2.17. The minimum Gasteiger partial charge on any atom is -0.382 e. The Morgan fingerprint density at radius 1 is 1.05 bits per heavy atom. The Balaban J connectivity index is 2.18. The van der Waals surface area contributed by atoms with E-state index in [1.165, 1.54) is 6.07 Å². The Morgan fingerprint density at radius 2 is 1.70 bits per heavy atom. The summed E-state index contributed by atoms with van der Waals surface area (Å²) < 4.78 is 29.2. The van der Waals surface area contributed by atoms with Crippen LogP contribution in [0.5, 0.6) is 0 Å². The molecule has 2 N–H and O–H groups in total. The summed E-state index contributed by atoms with van der Waals surface area (Å²) in [7, 11) is 1.63. The van der Waals surface area contributed by atoms with Crippen molar-refractivity contribution in [1.82, 2.24) is 0 Å². The maximum Gasteiger partial charge on any atom is 0.126 e. The second-order valence-corrected chi connectivity index (χ2v) is 4.46. The average Bonchev–Trinajstić information content (AvgIpc) is 2.47. The molecule has 0 aromatic heterocycles. The van der Waals surface area contributed by atoms with E-state index in [4.69, 9.17) is 19.9 Å². The molecule has 0 saturated carbocycles. The highest BCUT2D eigenvalue weighted by Gasteiger charge is 2.13. The van der Waals surface area contributed by atoms with Crippen molar-refractivity contribution < 1.29 is 18.6 Å². The van der Waals surface area contributed by atoms with Crippen molar-refractivity contribution >= 4 is 0 Å². The quantitative estimate of drug-likeness (QED) is 0.631. The first-order valence-corrected chi connectivity index (χ1v) is 6.88. The molecule has 0 amide bonds. The van der Waals surface area contributed by atoms with Gasteiger partial charge < -0.3 is 19.9 Å². The van der Waals surface area contributed by atoms with E-state index >= 15 is 0 Å². The molecule has 0 spiro atoms. The van der Waals surface area contributed by atoms with Crippen LogP contribution in [0.4, 0.5) is 4.39 Å². The van der Waals surface area contributed by atoms with Crippen LogP contribution < -0.4 is 5.73 Å². The van der Waals surface area contributed by atoms with Crippen LogP contribution in [0.1, 0.15) is 17.9 Å². The van der Waals surface area contributed by atoms with Gasteiger partial charge >= 0.3 is 0 Å². The highest BCUT2D eigenvalue weighted by molar-refractivity contribution is 5.21. The highest BCUT2D eigenvalue weighted by atomic mass is 19.1. The van der Waals surface area contributed by atoms with Crippen molar-refractivity contribution in [3.8, 4) is 0 Å². The van der Waals surface area contributed by atoms with Gasteiger partial charge in [-0.2, -0.15) is 0 Å². The Bertz CT molecular complexity index is 363. The van der Waals surface area contributed by atoms with Crippen molar-refractivity contribution in [1.29, 1.82) is 0 Å². The van der Waals surface area contributed by atoms with Gasteiger partial charge in [0.1, 0.15) is 5.82 Å². The lowest BCUT2D eigenvalue weighted by Gasteiger charge is -2.16. The minimum absolute atomic E-state index is 0.00869. The van der Waals surface area contributed by atoms with E-state index in [-0.39, 0.29) is 11.7 Å². The van der Waals surface area contributed by atoms with Gasteiger partial charge in [0.15, 0.2) is 0 Å². The summed E-state index contributed by atoms with van der Waals surface area (Å²) >= 11 is 0. The fourth-order valence-electron chi connectivity index (χ4n) is 1.90. The van der Waals surface area contributed by atoms with Crippen molar-refractivity contribution in [2.45, 2.75) is 12.3 Å². The molecule has 0 bridgehead atoms. The number of hydrogen-bond donors (Lipinski definition) is 1. The van der Waals surface area contributed by atoms with Crippen molar-refractivity contribution in [3.05, 3.63) is 35.6 Å². The molecule has 5 heteroatoms. The first-order chi connectivity index (χ1) is 9.79. The zero-order valence-corrected chi connectivity index (χ0v) is 12.0. The zero-order chi connectivity index (χ0) is 14.6. The van der Waals surface area contributed by atoms with Crippen LogP contribution >= 0.6 is 0 Å². The number of ether oxygens (including phenoxy) is 3. The van der Waals surface area contributed by atoms with Gasteiger partial charge in [-0.15, -0.1) is 0 Å². The van der Waals surface area contributed by atoms with E-state index in [9.17, 15) is 4.39 Å². The maximum atomic E-state index is 13.6. The van der Waals surface area contributed by atoms with Gasteiger partial charge in [0.05, 0.1) is 26.4 Å². The van der Waals surface area contributed by atoms with Crippen LogP contribution in [0.2, 0.25) is 0 Å². The second-order valence-electron chi connectivity index (χ2n) is 4.46. The van der Waals surface area contributed by atoms with E-state index in [0.717, 1.165) is 0 Å². The van der Waals surface area contributed by atoms with Crippen LogP contribution in [0.3, 0.4) is 0 Å². The van der Waals surface area contributed by atoms with E-state index < -0.39 is 0 Å². The molecule has 0 heterocycles. The zero-order valence-electron chi connectivity index (χ0n) is 12.0. The molecular formula is C15H24FNO3. The molecule has 0 aliphatic rings. The molecular weight excluding hydrogens is 261 g/mol. The van der Waals surface area contributed by atoms with Crippen LogP contribution in [0.15, 0.2) is 24.3 Å². The SMILES string of the molecule is COCCOCCOCCC(CN)c1ccccc1F. The number of methoxy groups -OCH3 is 1. The molecule has 0 fully saturated rings. The molecule has 0 aliphatic heterocycles. The Labute approximate surface area is 120 Å². The molecule has 1 aromatic rings. The molecule has 0 aliphatic carbocycles. The van der Waals surface area contributed by atoms with Crippen LogP contribution in [0.25, 0.3) is 0 Å². The van der Waals surface area contributed by atoms with Crippen LogP contribution in [-0.2, 0) is 14.2 Å². The smallest absolute Gasteiger partial charge is 0.126 e. The molecule has 1 atom stereocenters. The monoisotopic (exact) mass is 285 g/mol. The first-order valence-electron chi connectivity index (χ1n) is 6.88. The van der Waals surface area contributed by atoms with Gasteiger partial charge in [-0.05, 0) is 24.6 Å². The third-order valence-electron chi connectivity index (χ3n) is 3.04. The minimum atomic E-state index is -0.203. The van der Waals surface area contributed by atoms with Crippen molar-refractivity contribution in [2.24, 2.45) is 5.73 Å². The molecule has 1 aromatic carbocycles. The first kappa shape index (κ1) is 17.0. The largest absolute Gasteiger partial charge is 0.382 e. The normalized spacial score (nSPS) is 12.6. The van der Waals surface area contributed by atoms with E-state index in [0.29, 0.717) is 51.6 Å². The highest BCUT2D eigenvalue weighted by Crippen LogP contribution is 2.21. The van der Waals surface area contributed by atoms with Gasteiger partial charge in [-0.1, -0.05) is 18.2 Å². The van der Waals surface area contributed by atoms with Crippen LogP contribution in [0, 0.1) is 5.82 Å². The lowest BCUT2D eigenvalue weighted by atomic mass is 9.96. The second kappa shape index (κ2) is 10.7. The molecule has 114 valence electrons.